The Morgan fingerprint density at radius 2 is 1.91 bits per heavy atom. The van der Waals surface area contributed by atoms with E-state index in [0.29, 0.717) is 22.7 Å². The number of hydrogen-bond acceptors (Lipinski definition) is 4. The molecule has 0 atom stereocenters. The van der Waals surface area contributed by atoms with Crippen LogP contribution in [0, 0.1) is 0 Å². The lowest BCUT2D eigenvalue weighted by atomic mass is 9.98. The van der Waals surface area contributed by atoms with E-state index >= 15 is 0 Å². The molecule has 3 aromatic heterocycles. The zero-order valence-corrected chi connectivity index (χ0v) is 16.8. The maximum Gasteiger partial charge on any atom is 0.416 e. The van der Waals surface area contributed by atoms with Crippen LogP contribution in [0.3, 0.4) is 0 Å². The summed E-state index contributed by atoms with van der Waals surface area (Å²) in [5, 5.41) is 0.724. The fourth-order valence-corrected chi connectivity index (χ4v) is 3.35. The van der Waals surface area contributed by atoms with E-state index in [9.17, 15) is 18.0 Å². The molecular formula is C23H17F3N4O2. The van der Waals surface area contributed by atoms with Gasteiger partial charge in [0.15, 0.2) is 0 Å². The first-order chi connectivity index (χ1) is 15.2. The average molecular weight is 438 g/mol. The topological polar surface area (TPSA) is 93.9 Å². The van der Waals surface area contributed by atoms with Gasteiger partial charge in [0.1, 0.15) is 5.65 Å². The number of primary amides is 1. The molecule has 0 fully saturated rings. The van der Waals surface area contributed by atoms with Crippen molar-refractivity contribution in [2.45, 2.75) is 6.18 Å². The number of alkyl halides is 3. The molecule has 0 spiro atoms. The first-order valence-electron chi connectivity index (χ1n) is 9.42. The number of rotatable bonds is 5. The number of fused-ring (bicyclic) bond motifs is 1. The van der Waals surface area contributed by atoms with Crippen LogP contribution in [0.2, 0.25) is 0 Å². The summed E-state index contributed by atoms with van der Waals surface area (Å²) in [5.41, 5.74) is 7.43. The van der Waals surface area contributed by atoms with Crippen LogP contribution in [0.25, 0.3) is 39.4 Å². The fraction of sp³-hybridized carbons (Fsp3) is 0.0870. The van der Waals surface area contributed by atoms with Gasteiger partial charge < -0.3 is 15.5 Å². The number of nitrogens with two attached hydrogens (primary N) is 1. The number of halogens is 3. The van der Waals surface area contributed by atoms with Crippen LogP contribution in [-0.4, -0.2) is 28.0 Å². The van der Waals surface area contributed by atoms with Gasteiger partial charge in [-0.05, 0) is 53.1 Å². The number of H-pyrrole nitrogens is 1. The Kier molecular flexibility index (Phi) is 5.40. The van der Waals surface area contributed by atoms with Crippen molar-refractivity contribution in [2.24, 2.45) is 5.73 Å². The molecule has 9 heteroatoms. The van der Waals surface area contributed by atoms with E-state index in [2.05, 4.69) is 15.0 Å². The number of benzene rings is 1. The summed E-state index contributed by atoms with van der Waals surface area (Å²) in [5.74, 6) is -0.318. The average Bonchev–Trinajstić information content (AvgIpc) is 3.20. The predicted octanol–water partition coefficient (Wildman–Crippen LogP) is 4.82. The maximum absolute atomic E-state index is 13.5. The second kappa shape index (κ2) is 8.18. The van der Waals surface area contributed by atoms with Crippen molar-refractivity contribution < 1.29 is 22.7 Å². The maximum atomic E-state index is 13.5. The molecule has 0 aliphatic rings. The fourth-order valence-electron chi connectivity index (χ4n) is 3.35. The van der Waals surface area contributed by atoms with Crippen LogP contribution in [0.4, 0.5) is 13.2 Å². The third-order valence-electron chi connectivity index (χ3n) is 4.84. The minimum absolute atomic E-state index is 0.196. The van der Waals surface area contributed by atoms with E-state index < -0.39 is 17.6 Å². The van der Waals surface area contributed by atoms with E-state index in [1.54, 1.807) is 36.7 Å². The van der Waals surface area contributed by atoms with Crippen LogP contribution in [-0.2, 0) is 11.0 Å². The monoisotopic (exact) mass is 438 g/mol. The Morgan fingerprint density at radius 1 is 1.09 bits per heavy atom. The molecule has 1 amide bonds. The molecular weight excluding hydrogens is 421 g/mol. The summed E-state index contributed by atoms with van der Waals surface area (Å²) in [7, 11) is 1.51. The number of carbonyl (C=O) groups is 1. The van der Waals surface area contributed by atoms with E-state index in [-0.39, 0.29) is 5.56 Å². The molecule has 4 rings (SSSR count). The van der Waals surface area contributed by atoms with Gasteiger partial charge in [0.05, 0.1) is 12.7 Å². The highest BCUT2D eigenvalue weighted by Gasteiger charge is 2.31. The Bertz CT molecular complexity index is 1340. The second-order valence-electron chi connectivity index (χ2n) is 6.99. The summed E-state index contributed by atoms with van der Waals surface area (Å²) in [6.07, 6.45) is 2.57. The van der Waals surface area contributed by atoms with Gasteiger partial charge in [-0.15, -0.1) is 0 Å². The van der Waals surface area contributed by atoms with Gasteiger partial charge in [-0.3, -0.25) is 4.79 Å². The second-order valence-corrected chi connectivity index (χ2v) is 6.99. The summed E-state index contributed by atoms with van der Waals surface area (Å²) in [6.45, 7) is 0. The van der Waals surface area contributed by atoms with Crippen molar-refractivity contribution in [2.75, 3.05) is 7.11 Å². The Balaban J connectivity index is 1.86. The molecule has 0 bridgehead atoms. The minimum atomic E-state index is -4.56. The number of nitrogens with one attached hydrogen (secondary N) is 1. The number of hydrogen-bond donors (Lipinski definition) is 2. The van der Waals surface area contributed by atoms with E-state index in [1.165, 1.54) is 19.4 Å². The molecule has 0 saturated carbocycles. The number of methoxy groups -OCH3 is 1. The van der Waals surface area contributed by atoms with Crippen molar-refractivity contribution >= 4 is 23.0 Å². The molecule has 0 aliphatic heterocycles. The van der Waals surface area contributed by atoms with E-state index in [0.717, 1.165) is 34.7 Å². The predicted molar refractivity (Wildman–Crippen MR) is 115 cm³/mol. The molecule has 1 aromatic carbocycles. The SMILES string of the molecule is COc1cc(-c2c[nH]c3ncc(-c4cc(/C=C/C(N)=O)cc(C(F)(F)F)c4)cc23)ccn1. The molecule has 6 nitrogen and oxygen atoms in total. The minimum Gasteiger partial charge on any atom is -0.481 e. The van der Waals surface area contributed by atoms with Gasteiger partial charge in [0, 0.05) is 47.2 Å². The number of pyridine rings is 2. The van der Waals surface area contributed by atoms with Crippen molar-refractivity contribution in [3.05, 3.63) is 72.2 Å². The molecule has 0 saturated heterocycles. The lowest BCUT2D eigenvalue weighted by molar-refractivity contribution is -0.137. The third kappa shape index (κ3) is 4.31. The van der Waals surface area contributed by atoms with Crippen molar-refractivity contribution in [3.63, 3.8) is 0 Å². The number of ether oxygens (including phenoxy) is 1. The summed E-state index contributed by atoms with van der Waals surface area (Å²) in [6, 6.07) is 8.87. The molecule has 0 aliphatic carbocycles. The van der Waals surface area contributed by atoms with Gasteiger partial charge in [-0.2, -0.15) is 13.2 Å². The van der Waals surface area contributed by atoms with Crippen LogP contribution < -0.4 is 10.5 Å². The van der Waals surface area contributed by atoms with Gasteiger partial charge in [0.25, 0.3) is 0 Å². The van der Waals surface area contributed by atoms with Gasteiger partial charge in [-0.25, -0.2) is 9.97 Å². The van der Waals surface area contributed by atoms with Gasteiger partial charge in [-0.1, -0.05) is 0 Å². The Labute approximate surface area is 180 Å². The highest BCUT2D eigenvalue weighted by Crippen LogP contribution is 2.36. The largest absolute Gasteiger partial charge is 0.481 e. The molecule has 0 unspecified atom stereocenters. The molecule has 32 heavy (non-hydrogen) atoms. The van der Waals surface area contributed by atoms with Crippen LogP contribution in [0.5, 0.6) is 5.88 Å². The molecule has 4 aromatic rings. The highest BCUT2D eigenvalue weighted by molar-refractivity contribution is 5.96. The molecule has 0 radical (unpaired) electrons. The molecule has 3 N–H and O–H groups in total. The van der Waals surface area contributed by atoms with E-state index in [1.807, 2.05) is 0 Å². The first-order valence-corrected chi connectivity index (χ1v) is 9.42. The number of nitrogens with zero attached hydrogens (tertiary/aromatic N) is 2. The van der Waals surface area contributed by atoms with Crippen molar-refractivity contribution in [1.82, 2.24) is 15.0 Å². The number of amides is 1. The lowest BCUT2D eigenvalue weighted by Gasteiger charge is -2.11. The van der Waals surface area contributed by atoms with Gasteiger partial charge >= 0.3 is 6.18 Å². The number of aromatic amines is 1. The smallest absolute Gasteiger partial charge is 0.416 e. The first kappa shape index (κ1) is 21.1. The summed E-state index contributed by atoms with van der Waals surface area (Å²) in [4.78, 5) is 22.6. The Morgan fingerprint density at radius 3 is 2.62 bits per heavy atom. The number of carbonyl (C=O) groups excluding carboxylic acids is 1. The zero-order valence-electron chi connectivity index (χ0n) is 16.8. The quantitative estimate of drug-likeness (QED) is 0.437. The standard InChI is InChI=1S/C23H17F3N4O2/c1-32-21-10-14(4-5-28-21)19-12-30-22-18(19)9-16(11-29-22)15-6-13(2-3-20(27)31)7-17(8-15)23(24,25)26/h2-12H,1H3,(H2,27,31)(H,29,30)/b3-2+. The molecule has 162 valence electrons. The van der Waals surface area contributed by atoms with Crippen LogP contribution >= 0.6 is 0 Å². The van der Waals surface area contributed by atoms with Crippen LogP contribution in [0.1, 0.15) is 11.1 Å². The summed E-state index contributed by atoms with van der Waals surface area (Å²) >= 11 is 0. The summed E-state index contributed by atoms with van der Waals surface area (Å²) < 4.78 is 45.6. The van der Waals surface area contributed by atoms with Crippen molar-refractivity contribution in [3.8, 4) is 28.1 Å². The van der Waals surface area contributed by atoms with Crippen molar-refractivity contribution in [1.29, 1.82) is 0 Å². The van der Waals surface area contributed by atoms with Crippen LogP contribution in [0.15, 0.2) is 61.1 Å². The zero-order chi connectivity index (χ0) is 22.9. The Hall–Kier alpha value is -4.14. The highest BCUT2D eigenvalue weighted by atomic mass is 19.4. The molecule has 3 heterocycles. The normalized spacial score (nSPS) is 11.9. The third-order valence-corrected chi connectivity index (χ3v) is 4.84. The van der Waals surface area contributed by atoms with E-state index in [4.69, 9.17) is 10.5 Å². The lowest BCUT2D eigenvalue weighted by Crippen LogP contribution is -2.06. The van der Waals surface area contributed by atoms with Gasteiger partial charge in [0.2, 0.25) is 11.8 Å². The number of aromatic nitrogens is 3.